The van der Waals surface area contributed by atoms with Crippen LogP contribution >= 0.6 is 0 Å². The van der Waals surface area contributed by atoms with Gasteiger partial charge in [-0.1, -0.05) is 6.07 Å². The Labute approximate surface area is 82.0 Å². The van der Waals surface area contributed by atoms with Crippen LogP contribution in [-0.2, 0) is 0 Å². The van der Waals surface area contributed by atoms with Crippen LogP contribution in [0.2, 0.25) is 0 Å². The van der Waals surface area contributed by atoms with Crippen molar-refractivity contribution in [3.05, 3.63) is 29.8 Å². The van der Waals surface area contributed by atoms with Gasteiger partial charge in [0.1, 0.15) is 0 Å². The highest BCUT2D eigenvalue weighted by atomic mass is 16.2. The van der Waals surface area contributed by atoms with Crippen molar-refractivity contribution in [1.82, 2.24) is 10.9 Å². The van der Waals surface area contributed by atoms with E-state index in [1.807, 2.05) is 0 Å². The highest BCUT2D eigenvalue weighted by molar-refractivity contribution is 5.95. The highest BCUT2D eigenvalue weighted by Gasteiger charge is 2.03. The lowest BCUT2D eigenvalue weighted by Gasteiger charge is -2.04. The Morgan fingerprint density at radius 2 is 2.29 bits per heavy atom. The molecule has 0 aliphatic rings. The Kier molecular flexibility index (Phi) is 3.63. The smallest absolute Gasteiger partial charge is 0.265 e. The predicted molar refractivity (Wildman–Crippen MR) is 55.4 cm³/mol. The summed E-state index contributed by atoms with van der Waals surface area (Å²) in [5, 5.41) is 9.54. The van der Waals surface area contributed by atoms with Crippen molar-refractivity contribution in [3.8, 4) is 0 Å². The van der Waals surface area contributed by atoms with Gasteiger partial charge in [0.15, 0.2) is 0 Å². The van der Waals surface area contributed by atoms with E-state index in [2.05, 4.69) is 16.2 Å². The summed E-state index contributed by atoms with van der Waals surface area (Å²) in [7, 11) is 1.62. The SMILES string of the molecule is CNNC(=O)c1cccc(NC=N)c1. The van der Waals surface area contributed by atoms with E-state index in [1.54, 1.807) is 31.3 Å². The van der Waals surface area contributed by atoms with Gasteiger partial charge in [-0.3, -0.25) is 15.6 Å². The topological polar surface area (TPSA) is 77.0 Å². The standard InChI is InChI=1S/C9H12N4O/c1-11-13-9(14)7-3-2-4-8(5-7)12-6-10/h2-6,11H,1H3,(H2,10,12)(H,13,14). The fourth-order valence-electron chi connectivity index (χ4n) is 1.02. The molecule has 0 heterocycles. The van der Waals surface area contributed by atoms with Crippen LogP contribution in [0.5, 0.6) is 0 Å². The summed E-state index contributed by atoms with van der Waals surface area (Å²) in [5.41, 5.74) is 6.26. The minimum Gasteiger partial charge on any atom is -0.347 e. The zero-order valence-corrected chi connectivity index (χ0v) is 7.79. The number of hydrazine groups is 1. The molecule has 0 fully saturated rings. The fraction of sp³-hybridized carbons (Fsp3) is 0.111. The van der Waals surface area contributed by atoms with Gasteiger partial charge in [-0.2, -0.15) is 0 Å². The van der Waals surface area contributed by atoms with Gasteiger partial charge in [-0.05, 0) is 18.2 Å². The Hall–Kier alpha value is -1.88. The summed E-state index contributed by atoms with van der Waals surface area (Å²) in [6, 6.07) is 6.89. The average Bonchev–Trinajstić information content (AvgIpc) is 2.19. The van der Waals surface area contributed by atoms with E-state index < -0.39 is 0 Å². The third-order valence-electron chi connectivity index (χ3n) is 1.60. The molecule has 5 heteroatoms. The van der Waals surface area contributed by atoms with E-state index in [9.17, 15) is 4.79 Å². The number of carbonyl (C=O) groups excluding carboxylic acids is 1. The van der Waals surface area contributed by atoms with Crippen LogP contribution in [0.15, 0.2) is 24.3 Å². The number of hydrogen-bond acceptors (Lipinski definition) is 3. The van der Waals surface area contributed by atoms with Crippen LogP contribution in [0.3, 0.4) is 0 Å². The molecule has 0 aliphatic heterocycles. The summed E-state index contributed by atoms with van der Waals surface area (Å²) in [4.78, 5) is 11.3. The second-order valence-electron chi connectivity index (χ2n) is 2.57. The van der Waals surface area contributed by atoms with Gasteiger partial charge in [0.05, 0.1) is 6.34 Å². The number of anilines is 1. The molecule has 0 aromatic heterocycles. The Morgan fingerprint density at radius 1 is 1.50 bits per heavy atom. The summed E-state index contributed by atoms with van der Waals surface area (Å²) < 4.78 is 0. The third kappa shape index (κ3) is 2.56. The molecule has 1 amide bonds. The first-order chi connectivity index (χ1) is 6.77. The highest BCUT2D eigenvalue weighted by Crippen LogP contribution is 2.09. The van der Waals surface area contributed by atoms with Gasteiger partial charge in [0.2, 0.25) is 0 Å². The molecule has 0 spiro atoms. The quantitative estimate of drug-likeness (QED) is 0.320. The Morgan fingerprint density at radius 3 is 2.93 bits per heavy atom. The molecular weight excluding hydrogens is 180 g/mol. The van der Waals surface area contributed by atoms with Gasteiger partial charge in [-0.25, -0.2) is 5.43 Å². The second kappa shape index (κ2) is 4.98. The van der Waals surface area contributed by atoms with Crippen molar-refractivity contribution in [2.24, 2.45) is 0 Å². The van der Waals surface area contributed by atoms with E-state index >= 15 is 0 Å². The van der Waals surface area contributed by atoms with Crippen molar-refractivity contribution in [2.75, 3.05) is 12.4 Å². The molecule has 74 valence electrons. The van der Waals surface area contributed by atoms with Gasteiger partial charge in [0, 0.05) is 18.3 Å². The number of carbonyl (C=O) groups is 1. The van der Waals surface area contributed by atoms with Crippen LogP contribution in [0.4, 0.5) is 5.69 Å². The van der Waals surface area contributed by atoms with Gasteiger partial charge < -0.3 is 5.32 Å². The minimum atomic E-state index is -0.207. The minimum absolute atomic E-state index is 0.207. The van der Waals surface area contributed by atoms with Crippen LogP contribution < -0.4 is 16.2 Å². The first-order valence-electron chi connectivity index (χ1n) is 4.10. The summed E-state index contributed by atoms with van der Waals surface area (Å²) in [5.74, 6) is -0.207. The molecule has 0 saturated carbocycles. The van der Waals surface area contributed by atoms with Crippen LogP contribution in [0.25, 0.3) is 0 Å². The molecule has 0 atom stereocenters. The van der Waals surface area contributed by atoms with Crippen molar-refractivity contribution < 1.29 is 4.79 Å². The lowest BCUT2D eigenvalue weighted by molar-refractivity contribution is 0.0938. The van der Waals surface area contributed by atoms with E-state index in [0.29, 0.717) is 11.3 Å². The molecule has 0 saturated heterocycles. The molecule has 0 aliphatic carbocycles. The Bertz CT molecular complexity index is 337. The molecule has 5 nitrogen and oxygen atoms in total. The van der Waals surface area contributed by atoms with Crippen LogP contribution in [-0.4, -0.2) is 19.3 Å². The molecule has 0 radical (unpaired) electrons. The zero-order valence-electron chi connectivity index (χ0n) is 7.79. The lowest BCUT2D eigenvalue weighted by Crippen LogP contribution is -2.34. The molecule has 1 aromatic carbocycles. The molecule has 0 bridgehead atoms. The van der Waals surface area contributed by atoms with Crippen LogP contribution in [0.1, 0.15) is 10.4 Å². The molecule has 1 rings (SSSR count). The van der Waals surface area contributed by atoms with E-state index in [4.69, 9.17) is 5.41 Å². The number of benzene rings is 1. The lowest BCUT2D eigenvalue weighted by atomic mass is 10.2. The second-order valence-corrected chi connectivity index (χ2v) is 2.57. The molecule has 4 N–H and O–H groups in total. The monoisotopic (exact) mass is 192 g/mol. The van der Waals surface area contributed by atoms with Gasteiger partial charge in [0.25, 0.3) is 5.91 Å². The molecular formula is C9H12N4O. The maximum absolute atomic E-state index is 11.3. The van der Waals surface area contributed by atoms with Crippen molar-refractivity contribution >= 4 is 17.9 Å². The number of rotatable bonds is 4. The maximum Gasteiger partial charge on any atom is 0.265 e. The Balaban J connectivity index is 2.82. The maximum atomic E-state index is 11.3. The predicted octanol–water partition coefficient (Wildman–Crippen LogP) is 0.570. The molecule has 0 unspecified atom stereocenters. The van der Waals surface area contributed by atoms with Crippen molar-refractivity contribution in [2.45, 2.75) is 0 Å². The number of hydrogen-bond donors (Lipinski definition) is 4. The van der Waals surface area contributed by atoms with Gasteiger partial charge in [-0.15, -0.1) is 0 Å². The van der Waals surface area contributed by atoms with E-state index in [-0.39, 0.29) is 5.91 Å². The number of amides is 1. The van der Waals surface area contributed by atoms with E-state index in [0.717, 1.165) is 6.34 Å². The van der Waals surface area contributed by atoms with Crippen LogP contribution in [0, 0.1) is 5.41 Å². The number of nitrogens with one attached hydrogen (secondary N) is 4. The van der Waals surface area contributed by atoms with Gasteiger partial charge >= 0.3 is 0 Å². The fourth-order valence-corrected chi connectivity index (χ4v) is 1.02. The first kappa shape index (κ1) is 10.2. The average molecular weight is 192 g/mol. The van der Waals surface area contributed by atoms with Crippen molar-refractivity contribution in [3.63, 3.8) is 0 Å². The largest absolute Gasteiger partial charge is 0.347 e. The third-order valence-corrected chi connectivity index (χ3v) is 1.60. The summed E-state index contributed by atoms with van der Waals surface area (Å²) in [6.45, 7) is 0. The van der Waals surface area contributed by atoms with E-state index in [1.165, 1.54) is 0 Å². The summed E-state index contributed by atoms with van der Waals surface area (Å²) in [6.07, 6.45) is 1.06. The van der Waals surface area contributed by atoms with Crippen molar-refractivity contribution in [1.29, 1.82) is 5.41 Å². The molecule has 14 heavy (non-hydrogen) atoms. The molecule has 1 aromatic rings. The summed E-state index contributed by atoms with van der Waals surface area (Å²) >= 11 is 0. The zero-order chi connectivity index (χ0) is 10.4. The first-order valence-corrected chi connectivity index (χ1v) is 4.10. The normalized spacial score (nSPS) is 9.21.